The maximum absolute atomic E-state index is 10.2. The molecule has 0 radical (unpaired) electrons. The Kier molecular flexibility index (Phi) is 78.7. The molecule has 1 N–H and O–H groups in total. The Bertz CT molecular complexity index is 720. The topological polar surface area (TPSA) is 141 Å². The molecule has 0 rings (SSSR count). The first-order valence-corrected chi connectivity index (χ1v) is 27.4. The quantitative estimate of drug-likeness (QED) is 0.0473. The Morgan fingerprint density at radius 3 is 0.429 bits per heavy atom. The molecule has 374 valence electrons. The van der Waals surface area contributed by atoms with Crippen molar-refractivity contribution >= 4 is 35.3 Å². The largest absolute Gasteiger partial charge is 3.00 e. The third-order valence-electron chi connectivity index (χ3n) is 12.0. The van der Waals surface area contributed by atoms with Gasteiger partial charge in [-0.3, -0.25) is 0 Å². The summed E-state index contributed by atoms with van der Waals surface area (Å²) >= 11 is 0. The minimum absolute atomic E-state index is 0. The van der Waals surface area contributed by atoms with Crippen molar-refractivity contribution < 1.29 is 34.8 Å². The number of aliphatic carboxylic acids is 3. The van der Waals surface area contributed by atoms with Gasteiger partial charge in [-0.15, -0.1) is 0 Å². The Labute approximate surface area is 404 Å². The van der Waals surface area contributed by atoms with Gasteiger partial charge >= 0.3 is 17.4 Å². The average molecular weight is 909 g/mol. The van der Waals surface area contributed by atoms with Crippen molar-refractivity contribution in [3.05, 3.63) is 0 Å². The fraction of sp³-hybridized carbons (Fsp3) is 0.945. The van der Waals surface area contributed by atoms with E-state index >= 15 is 0 Å². The van der Waals surface area contributed by atoms with E-state index in [2.05, 4.69) is 20.8 Å². The molecule has 0 aliphatic heterocycles. The van der Waals surface area contributed by atoms with Crippen molar-refractivity contribution in [3.8, 4) is 0 Å². The number of unbranched alkanes of at least 4 members (excludes halogenated alkanes) is 42. The predicted octanol–water partition coefficient (Wildman–Crippen LogP) is 14.2. The van der Waals surface area contributed by atoms with E-state index < -0.39 is 17.9 Å². The number of hydrogen-bond donors (Lipinski definition) is 1. The molecular weight excluding hydrogens is 800 g/mol. The Hall–Kier alpha value is -1.10. The van der Waals surface area contributed by atoms with Gasteiger partial charge in [-0.05, 0) is 38.5 Å². The molecule has 63 heavy (non-hydrogen) atoms. The second kappa shape index (κ2) is 69.9. The third-order valence-corrected chi connectivity index (χ3v) is 12.0. The van der Waals surface area contributed by atoms with Gasteiger partial charge in [0.05, 0.1) is 0 Å². The number of aliphatic hydroxyl groups is 1. The molecule has 8 heteroatoms. The number of carbonyl (C=O) groups excluding carboxylic acids is 3. The fourth-order valence-electron chi connectivity index (χ4n) is 7.92. The molecule has 0 amide bonds. The van der Waals surface area contributed by atoms with Gasteiger partial charge in [0, 0.05) is 25.0 Å². The van der Waals surface area contributed by atoms with E-state index in [1.807, 2.05) is 0 Å². The first-order chi connectivity index (χ1) is 30.3. The zero-order valence-corrected chi connectivity index (χ0v) is 44.1. The molecule has 0 spiro atoms. The van der Waals surface area contributed by atoms with Crippen LogP contribution in [0.3, 0.4) is 0 Å². The summed E-state index contributed by atoms with van der Waals surface area (Å²) in [6.07, 6.45) is 59.6. The summed E-state index contributed by atoms with van der Waals surface area (Å²) < 4.78 is 0. The maximum atomic E-state index is 10.2. The van der Waals surface area contributed by atoms with Crippen LogP contribution in [0.15, 0.2) is 0 Å². The summed E-state index contributed by atoms with van der Waals surface area (Å²) in [6.45, 7) is 6.80. The van der Waals surface area contributed by atoms with E-state index in [-0.39, 0.29) is 36.6 Å². The van der Waals surface area contributed by atoms with Gasteiger partial charge in [0.25, 0.3) is 0 Å². The molecule has 0 aromatic rings. The first kappa shape index (κ1) is 70.9. The second-order valence-corrected chi connectivity index (χ2v) is 18.2. The van der Waals surface area contributed by atoms with E-state index in [0.29, 0.717) is 0 Å². The van der Waals surface area contributed by atoms with Crippen LogP contribution in [0.25, 0.3) is 0 Å². The van der Waals surface area contributed by atoms with Crippen molar-refractivity contribution in [1.82, 2.24) is 0 Å². The minimum atomic E-state index is -0.903. The van der Waals surface area contributed by atoms with Crippen LogP contribution in [0.4, 0.5) is 0 Å². The van der Waals surface area contributed by atoms with Crippen molar-refractivity contribution in [2.24, 2.45) is 0 Å². The van der Waals surface area contributed by atoms with Crippen molar-refractivity contribution in [2.45, 2.75) is 329 Å². The molecule has 0 heterocycles. The Balaban J connectivity index is -0.000000259. The average Bonchev–Trinajstić information content (AvgIpc) is 3.26. The van der Waals surface area contributed by atoms with Crippen LogP contribution in [-0.4, -0.2) is 47.5 Å². The van der Waals surface area contributed by atoms with E-state index in [4.69, 9.17) is 5.11 Å². The molecule has 0 saturated heterocycles. The van der Waals surface area contributed by atoms with Crippen LogP contribution in [0, 0.1) is 0 Å². The summed E-state index contributed by atoms with van der Waals surface area (Å²) in [7, 11) is 1.00. The summed E-state index contributed by atoms with van der Waals surface area (Å²) in [5.74, 6) is -2.71. The molecule has 0 aliphatic rings. The molecule has 0 aliphatic carbocycles. The number of carboxylic acid groups (broad SMARTS) is 3. The van der Waals surface area contributed by atoms with E-state index in [0.717, 1.165) is 45.6 Å². The zero-order chi connectivity index (χ0) is 46.7. The SMILES string of the molecule is CCCCCCCCCCCCCCCCCC(=O)[O-].CCCCCCCCCCCCCCCCCC(=O)[O-].CCCCCCCCCCCCCCCCCC(=O)[O-].CO.[Al+3]. The van der Waals surface area contributed by atoms with Crippen LogP contribution in [-0.2, 0) is 14.4 Å². The monoisotopic (exact) mass is 909 g/mol. The minimum Gasteiger partial charge on any atom is -0.550 e. The van der Waals surface area contributed by atoms with Gasteiger partial charge in [0.1, 0.15) is 0 Å². The van der Waals surface area contributed by atoms with Crippen LogP contribution in [0.5, 0.6) is 0 Å². The van der Waals surface area contributed by atoms with Gasteiger partial charge < -0.3 is 34.8 Å². The summed E-state index contributed by atoms with van der Waals surface area (Å²) in [5, 5.41) is 37.7. The van der Waals surface area contributed by atoms with Gasteiger partial charge in [0.15, 0.2) is 0 Å². The van der Waals surface area contributed by atoms with Crippen molar-refractivity contribution in [3.63, 3.8) is 0 Å². The molecule has 0 unspecified atom stereocenters. The van der Waals surface area contributed by atoms with Crippen molar-refractivity contribution in [2.75, 3.05) is 7.11 Å². The molecule has 0 bridgehead atoms. The van der Waals surface area contributed by atoms with Gasteiger partial charge in [-0.1, -0.05) is 290 Å². The van der Waals surface area contributed by atoms with Crippen molar-refractivity contribution in [1.29, 1.82) is 0 Å². The smallest absolute Gasteiger partial charge is 0.550 e. The summed E-state index contributed by atoms with van der Waals surface area (Å²) in [4.78, 5) is 30.7. The van der Waals surface area contributed by atoms with Crippen LogP contribution in [0.2, 0.25) is 0 Å². The molecular formula is C55H109AlO7. The summed E-state index contributed by atoms with van der Waals surface area (Å²) in [5.41, 5.74) is 0. The standard InChI is InChI=1S/3C18H36O2.CH4O.Al/c3*1-2-3-4-5-6-7-8-9-10-11-12-13-14-15-16-17-18(19)20;1-2;/h3*2-17H2,1H3,(H,19,20);2H,1H3;/q;;;;+3/p-3. The van der Waals surface area contributed by atoms with Crippen LogP contribution >= 0.6 is 0 Å². The van der Waals surface area contributed by atoms with E-state index in [1.54, 1.807) is 0 Å². The Morgan fingerprint density at radius 2 is 0.333 bits per heavy atom. The summed E-state index contributed by atoms with van der Waals surface area (Å²) in [6, 6.07) is 0. The number of carbonyl (C=O) groups is 3. The van der Waals surface area contributed by atoms with Gasteiger partial charge in [-0.2, -0.15) is 0 Å². The number of carboxylic acids is 3. The molecule has 0 aromatic heterocycles. The van der Waals surface area contributed by atoms with E-state index in [9.17, 15) is 29.7 Å². The number of aliphatic hydroxyl groups excluding tert-OH is 1. The van der Waals surface area contributed by atoms with Crippen LogP contribution in [0.1, 0.15) is 329 Å². The molecule has 0 aromatic carbocycles. The molecule has 7 nitrogen and oxygen atoms in total. The molecule has 0 saturated carbocycles. The fourth-order valence-corrected chi connectivity index (χ4v) is 7.92. The second-order valence-electron chi connectivity index (χ2n) is 18.2. The third kappa shape index (κ3) is 84.9. The number of hydrogen-bond acceptors (Lipinski definition) is 7. The first-order valence-electron chi connectivity index (χ1n) is 27.4. The van der Waals surface area contributed by atoms with Crippen LogP contribution < -0.4 is 15.3 Å². The van der Waals surface area contributed by atoms with E-state index in [1.165, 1.54) is 250 Å². The molecule has 0 atom stereocenters. The molecule has 0 fully saturated rings. The number of rotatable bonds is 48. The predicted molar refractivity (Wildman–Crippen MR) is 268 cm³/mol. The maximum Gasteiger partial charge on any atom is 3.00 e. The normalized spacial score (nSPS) is 10.4. The Morgan fingerprint density at radius 1 is 0.238 bits per heavy atom. The van der Waals surface area contributed by atoms with Gasteiger partial charge in [-0.25, -0.2) is 0 Å². The zero-order valence-electron chi connectivity index (χ0n) is 42.9. The van der Waals surface area contributed by atoms with Gasteiger partial charge in [0.2, 0.25) is 0 Å².